The van der Waals surface area contributed by atoms with Crippen molar-refractivity contribution in [1.29, 1.82) is 0 Å². The van der Waals surface area contributed by atoms with Crippen molar-refractivity contribution in [2.45, 2.75) is 13.5 Å². The molecule has 0 unspecified atom stereocenters. The summed E-state index contributed by atoms with van der Waals surface area (Å²) in [6.07, 6.45) is 0. The lowest BCUT2D eigenvalue weighted by atomic mass is 10.2. The molecule has 6 heteroatoms. The number of rotatable bonds is 6. The first-order chi connectivity index (χ1) is 7.95. The third kappa shape index (κ3) is 4.33. The lowest BCUT2D eigenvalue weighted by Crippen LogP contribution is -2.29. The SMILES string of the molecule is CCNCc1cccc(NS(=O)(=O)N(C)C)c1. The van der Waals surface area contributed by atoms with Crippen LogP contribution in [0.1, 0.15) is 12.5 Å². The number of hydrogen-bond acceptors (Lipinski definition) is 3. The molecule has 2 N–H and O–H groups in total. The summed E-state index contributed by atoms with van der Waals surface area (Å²) in [5.41, 5.74) is 1.62. The molecular weight excluding hydrogens is 238 g/mol. The first kappa shape index (κ1) is 14.0. The second-order valence-electron chi connectivity index (χ2n) is 3.87. The molecule has 1 aromatic rings. The van der Waals surface area contributed by atoms with Crippen molar-refractivity contribution in [3.05, 3.63) is 29.8 Å². The van der Waals surface area contributed by atoms with Crippen LogP contribution in [0.5, 0.6) is 0 Å². The van der Waals surface area contributed by atoms with Gasteiger partial charge in [0, 0.05) is 20.6 Å². The molecule has 0 bridgehead atoms. The monoisotopic (exact) mass is 257 g/mol. The zero-order valence-corrected chi connectivity index (χ0v) is 11.2. The Morgan fingerprint density at radius 1 is 1.29 bits per heavy atom. The fourth-order valence-corrected chi connectivity index (χ4v) is 1.86. The summed E-state index contributed by atoms with van der Waals surface area (Å²) in [5, 5.41) is 3.19. The van der Waals surface area contributed by atoms with Crippen molar-refractivity contribution in [2.75, 3.05) is 25.4 Å². The van der Waals surface area contributed by atoms with Crippen LogP contribution in [0.3, 0.4) is 0 Å². The van der Waals surface area contributed by atoms with Gasteiger partial charge in [-0.1, -0.05) is 19.1 Å². The van der Waals surface area contributed by atoms with Gasteiger partial charge in [-0.3, -0.25) is 4.72 Å². The van der Waals surface area contributed by atoms with Gasteiger partial charge < -0.3 is 5.32 Å². The minimum Gasteiger partial charge on any atom is -0.313 e. The fraction of sp³-hybridized carbons (Fsp3) is 0.455. The summed E-state index contributed by atoms with van der Waals surface area (Å²) >= 11 is 0. The number of anilines is 1. The Morgan fingerprint density at radius 3 is 2.59 bits per heavy atom. The van der Waals surface area contributed by atoms with Gasteiger partial charge in [0.05, 0.1) is 5.69 Å². The van der Waals surface area contributed by atoms with Crippen LogP contribution in [0.4, 0.5) is 5.69 Å². The molecule has 17 heavy (non-hydrogen) atoms. The zero-order valence-electron chi connectivity index (χ0n) is 10.4. The smallest absolute Gasteiger partial charge is 0.301 e. The minimum atomic E-state index is -3.43. The molecular formula is C11H19N3O2S. The van der Waals surface area contributed by atoms with Crippen LogP contribution in [-0.4, -0.2) is 33.4 Å². The van der Waals surface area contributed by atoms with Crippen molar-refractivity contribution in [1.82, 2.24) is 9.62 Å². The average Bonchev–Trinajstić information content (AvgIpc) is 2.26. The van der Waals surface area contributed by atoms with E-state index in [9.17, 15) is 8.42 Å². The predicted octanol–water partition coefficient (Wildman–Crippen LogP) is 1.01. The van der Waals surface area contributed by atoms with Gasteiger partial charge in [0.2, 0.25) is 0 Å². The third-order valence-corrected chi connectivity index (χ3v) is 3.69. The maximum atomic E-state index is 11.6. The lowest BCUT2D eigenvalue weighted by molar-refractivity contribution is 0.527. The molecule has 0 aromatic heterocycles. The first-order valence-corrected chi connectivity index (χ1v) is 6.89. The summed E-state index contributed by atoms with van der Waals surface area (Å²) in [7, 11) is -0.444. The van der Waals surface area contributed by atoms with Gasteiger partial charge in [-0.25, -0.2) is 0 Å². The van der Waals surface area contributed by atoms with Crippen LogP contribution < -0.4 is 10.0 Å². The van der Waals surface area contributed by atoms with Crippen molar-refractivity contribution in [3.8, 4) is 0 Å². The molecule has 0 radical (unpaired) electrons. The number of nitrogens with zero attached hydrogens (tertiary/aromatic N) is 1. The van der Waals surface area contributed by atoms with E-state index in [4.69, 9.17) is 0 Å². The first-order valence-electron chi connectivity index (χ1n) is 5.45. The summed E-state index contributed by atoms with van der Waals surface area (Å²) in [6, 6.07) is 7.34. The van der Waals surface area contributed by atoms with E-state index in [2.05, 4.69) is 10.0 Å². The van der Waals surface area contributed by atoms with Crippen LogP contribution in [0.25, 0.3) is 0 Å². The highest BCUT2D eigenvalue weighted by Gasteiger charge is 2.12. The maximum absolute atomic E-state index is 11.6. The van der Waals surface area contributed by atoms with E-state index in [-0.39, 0.29) is 0 Å². The molecule has 1 rings (SSSR count). The molecule has 5 nitrogen and oxygen atoms in total. The van der Waals surface area contributed by atoms with Gasteiger partial charge in [0.1, 0.15) is 0 Å². The Morgan fingerprint density at radius 2 is 2.00 bits per heavy atom. The molecule has 96 valence electrons. The average molecular weight is 257 g/mol. The van der Waals surface area contributed by atoms with Crippen LogP contribution >= 0.6 is 0 Å². The van der Waals surface area contributed by atoms with Crippen LogP contribution in [0.2, 0.25) is 0 Å². The Kier molecular flexibility index (Phi) is 4.92. The van der Waals surface area contributed by atoms with Crippen molar-refractivity contribution in [3.63, 3.8) is 0 Å². The van der Waals surface area contributed by atoms with Crippen molar-refractivity contribution < 1.29 is 8.42 Å². The summed E-state index contributed by atoms with van der Waals surface area (Å²) in [6.45, 7) is 3.64. The quantitative estimate of drug-likeness (QED) is 0.799. The Labute approximate surface area is 103 Å². The van der Waals surface area contributed by atoms with E-state index in [1.54, 1.807) is 6.07 Å². The van der Waals surface area contributed by atoms with Gasteiger partial charge in [-0.05, 0) is 24.2 Å². The van der Waals surface area contributed by atoms with Gasteiger partial charge in [0.25, 0.3) is 0 Å². The lowest BCUT2D eigenvalue weighted by Gasteiger charge is -2.14. The Balaban J connectivity index is 2.79. The number of hydrogen-bond donors (Lipinski definition) is 2. The molecule has 0 saturated carbocycles. The topological polar surface area (TPSA) is 61.4 Å². The Bertz CT molecular complexity index is 458. The van der Waals surface area contributed by atoms with Crippen LogP contribution in [-0.2, 0) is 16.8 Å². The maximum Gasteiger partial charge on any atom is 0.301 e. The number of benzene rings is 1. The van der Waals surface area contributed by atoms with E-state index >= 15 is 0 Å². The third-order valence-electron chi connectivity index (χ3n) is 2.23. The summed E-state index contributed by atoms with van der Waals surface area (Å²) in [4.78, 5) is 0. The molecule has 0 saturated heterocycles. The molecule has 0 fully saturated rings. The second-order valence-corrected chi connectivity index (χ2v) is 5.75. The van der Waals surface area contributed by atoms with E-state index in [1.807, 2.05) is 25.1 Å². The van der Waals surface area contributed by atoms with E-state index < -0.39 is 10.2 Å². The minimum absolute atomic E-state index is 0.578. The molecule has 0 aliphatic rings. The largest absolute Gasteiger partial charge is 0.313 e. The highest BCUT2D eigenvalue weighted by molar-refractivity contribution is 7.90. The molecule has 0 heterocycles. The molecule has 0 atom stereocenters. The highest BCUT2D eigenvalue weighted by atomic mass is 32.2. The van der Waals surface area contributed by atoms with Gasteiger partial charge >= 0.3 is 10.2 Å². The fourth-order valence-electron chi connectivity index (χ4n) is 1.25. The van der Waals surface area contributed by atoms with Crippen molar-refractivity contribution >= 4 is 15.9 Å². The van der Waals surface area contributed by atoms with E-state index in [0.717, 1.165) is 23.0 Å². The standard InChI is InChI=1S/C11H19N3O2S/c1-4-12-9-10-6-5-7-11(8-10)13-17(15,16)14(2)3/h5-8,12-13H,4,9H2,1-3H3. The van der Waals surface area contributed by atoms with Crippen LogP contribution in [0, 0.1) is 0 Å². The van der Waals surface area contributed by atoms with E-state index in [0.29, 0.717) is 5.69 Å². The molecule has 0 aliphatic heterocycles. The van der Waals surface area contributed by atoms with Crippen molar-refractivity contribution in [2.24, 2.45) is 0 Å². The van der Waals surface area contributed by atoms with Gasteiger partial charge in [0.15, 0.2) is 0 Å². The Hall–Kier alpha value is -1.11. The molecule has 0 spiro atoms. The molecule has 0 amide bonds. The predicted molar refractivity (Wildman–Crippen MR) is 70.1 cm³/mol. The molecule has 0 aliphatic carbocycles. The zero-order chi connectivity index (χ0) is 12.9. The van der Waals surface area contributed by atoms with Gasteiger partial charge in [-0.15, -0.1) is 0 Å². The normalized spacial score (nSPS) is 11.8. The molecule has 1 aromatic carbocycles. The summed E-state index contributed by atoms with van der Waals surface area (Å²) < 4.78 is 26.9. The van der Waals surface area contributed by atoms with Gasteiger partial charge in [-0.2, -0.15) is 12.7 Å². The highest BCUT2D eigenvalue weighted by Crippen LogP contribution is 2.12. The van der Waals surface area contributed by atoms with Crippen LogP contribution in [0.15, 0.2) is 24.3 Å². The second kappa shape index (κ2) is 6.00. The summed E-state index contributed by atoms with van der Waals surface area (Å²) in [5.74, 6) is 0. The number of nitrogens with one attached hydrogen (secondary N) is 2. The van der Waals surface area contributed by atoms with E-state index in [1.165, 1.54) is 14.1 Å².